The third-order valence-corrected chi connectivity index (χ3v) is 4.82. The Hall–Kier alpha value is -3.45. The van der Waals surface area contributed by atoms with Crippen molar-refractivity contribution >= 4 is 17.5 Å². The van der Waals surface area contributed by atoms with Crippen LogP contribution in [0.25, 0.3) is 11.3 Å². The number of ether oxygens (including phenoxy) is 1. The summed E-state index contributed by atoms with van der Waals surface area (Å²) >= 11 is 0. The van der Waals surface area contributed by atoms with Crippen LogP contribution in [0.4, 0.5) is 5.69 Å². The number of carbonyl (C=O) groups is 2. The summed E-state index contributed by atoms with van der Waals surface area (Å²) in [4.78, 5) is 26.9. The summed E-state index contributed by atoms with van der Waals surface area (Å²) in [5, 5.41) is 6.62. The minimum atomic E-state index is -0.378. The molecule has 1 atom stereocenters. The number of hydrogen-bond donors (Lipinski definition) is 1. The van der Waals surface area contributed by atoms with Gasteiger partial charge in [-0.25, -0.2) is 0 Å². The van der Waals surface area contributed by atoms with Crippen molar-refractivity contribution in [2.75, 3.05) is 25.1 Å². The molecule has 0 radical (unpaired) electrons. The fraction of sp³-hybridized carbons (Fsp3) is 0.227. The van der Waals surface area contributed by atoms with Crippen molar-refractivity contribution in [3.8, 4) is 11.3 Å². The molecule has 4 rings (SSSR count). The highest BCUT2D eigenvalue weighted by Crippen LogP contribution is 2.21. The van der Waals surface area contributed by atoms with Gasteiger partial charge in [0.25, 0.3) is 11.8 Å². The molecule has 148 valence electrons. The number of anilines is 1. The van der Waals surface area contributed by atoms with Crippen LogP contribution in [0.3, 0.4) is 0 Å². The Morgan fingerprint density at radius 2 is 1.86 bits per heavy atom. The van der Waals surface area contributed by atoms with E-state index in [1.807, 2.05) is 37.3 Å². The lowest BCUT2D eigenvalue weighted by atomic mass is 10.1. The topological polar surface area (TPSA) is 84.7 Å². The van der Waals surface area contributed by atoms with E-state index < -0.39 is 0 Å². The van der Waals surface area contributed by atoms with E-state index in [0.29, 0.717) is 36.8 Å². The van der Waals surface area contributed by atoms with E-state index in [9.17, 15) is 9.59 Å². The molecule has 1 N–H and O–H groups in total. The van der Waals surface area contributed by atoms with Gasteiger partial charge in [0.1, 0.15) is 0 Å². The molecule has 2 amide bonds. The van der Waals surface area contributed by atoms with E-state index in [4.69, 9.17) is 9.26 Å². The van der Waals surface area contributed by atoms with Crippen LogP contribution < -0.4 is 5.32 Å². The second-order valence-corrected chi connectivity index (χ2v) is 6.90. The number of nitrogens with zero attached hydrogens (tertiary/aromatic N) is 2. The predicted molar refractivity (Wildman–Crippen MR) is 108 cm³/mol. The molecule has 7 nitrogen and oxygen atoms in total. The van der Waals surface area contributed by atoms with Gasteiger partial charge >= 0.3 is 0 Å². The lowest BCUT2D eigenvalue weighted by Crippen LogP contribution is -2.47. The molecule has 1 fully saturated rings. The largest absolute Gasteiger partial charge is 0.377 e. The molecule has 1 saturated heterocycles. The van der Waals surface area contributed by atoms with Gasteiger partial charge in [-0.1, -0.05) is 35.5 Å². The molecule has 29 heavy (non-hydrogen) atoms. The van der Waals surface area contributed by atoms with Gasteiger partial charge < -0.3 is 19.5 Å². The van der Waals surface area contributed by atoms with Crippen molar-refractivity contribution in [3.63, 3.8) is 0 Å². The number of carbonyl (C=O) groups excluding carboxylic acids is 2. The summed E-state index contributed by atoms with van der Waals surface area (Å²) in [5.41, 5.74) is 2.18. The van der Waals surface area contributed by atoms with Gasteiger partial charge in [0.2, 0.25) is 0 Å². The molecule has 3 aromatic rings. The van der Waals surface area contributed by atoms with Gasteiger partial charge in [0, 0.05) is 29.4 Å². The van der Waals surface area contributed by atoms with E-state index in [-0.39, 0.29) is 23.6 Å². The maximum Gasteiger partial charge on any atom is 0.277 e. The third-order valence-electron chi connectivity index (χ3n) is 4.82. The minimum Gasteiger partial charge on any atom is -0.377 e. The molecular weight excluding hydrogens is 370 g/mol. The third kappa shape index (κ3) is 4.20. The Morgan fingerprint density at radius 1 is 1.10 bits per heavy atom. The molecule has 0 saturated carbocycles. The first kappa shape index (κ1) is 18.9. The Labute approximate surface area is 168 Å². The Kier molecular flexibility index (Phi) is 5.39. The molecule has 1 aromatic heterocycles. The lowest BCUT2D eigenvalue weighted by molar-refractivity contribution is 0.00359. The predicted octanol–water partition coefficient (Wildman–Crippen LogP) is 3.45. The average molecular weight is 391 g/mol. The Morgan fingerprint density at radius 3 is 2.59 bits per heavy atom. The van der Waals surface area contributed by atoms with Gasteiger partial charge in [0.05, 0.1) is 19.3 Å². The first-order valence-electron chi connectivity index (χ1n) is 9.44. The van der Waals surface area contributed by atoms with Crippen LogP contribution in [0.1, 0.15) is 27.8 Å². The number of rotatable bonds is 4. The normalized spacial score (nSPS) is 16.4. The molecule has 7 heteroatoms. The number of aromatic nitrogens is 1. The summed E-state index contributed by atoms with van der Waals surface area (Å²) in [6.45, 7) is 3.64. The average Bonchev–Trinajstić information content (AvgIpc) is 3.25. The summed E-state index contributed by atoms with van der Waals surface area (Å²) in [6, 6.07) is 17.9. The highest BCUT2D eigenvalue weighted by Gasteiger charge is 2.24. The molecule has 1 aliphatic heterocycles. The molecule has 0 spiro atoms. The summed E-state index contributed by atoms with van der Waals surface area (Å²) in [7, 11) is 0. The SMILES string of the molecule is CC1COCCN1C(=O)c1ccc(NC(=O)c2cc(-c3ccccc3)on2)cc1. The second kappa shape index (κ2) is 8.28. The molecule has 1 aliphatic rings. The molecule has 0 bridgehead atoms. The van der Waals surface area contributed by atoms with Crippen LogP contribution in [-0.2, 0) is 4.74 Å². The van der Waals surface area contributed by atoms with Crippen molar-refractivity contribution in [2.24, 2.45) is 0 Å². The van der Waals surface area contributed by atoms with Crippen molar-refractivity contribution in [2.45, 2.75) is 13.0 Å². The van der Waals surface area contributed by atoms with Gasteiger partial charge in [-0.3, -0.25) is 9.59 Å². The lowest BCUT2D eigenvalue weighted by Gasteiger charge is -2.33. The summed E-state index contributed by atoms with van der Waals surface area (Å²) in [5.74, 6) is 0.107. The molecular formula is C22H21N3O4. The zero-order chi connectivity index (χ0) is 20.2. The van der Waals surface area contributed by atoms with Gasteiger partial charge in [-0.15, -0.1) is 0 Å². The standard InChI is InChI=1S/C22H21N3O4/c1-15-14-28-12-11-25(15)22(27)17-7-9-18(10-8-17)23-21(26)19-13-20(29-24-19)16-5-3-2-4-6-16/h2-10,13,15H,11-12,14H2,1H3,(H,23,26). The van der Waals surface area contributed by atoms with E-state index in [2.05, 4.69) is 10.5 Å². The van der Waals surface area contributed by atoms with E-state index >= 15 is 0 Å². The number of morpholine rings is 1. The first-order chi connectivity index (χ1) is 14.1. The second-order valence-electron chi connectivity index (χ2n) is 6.90. The van der Waals surface area contributed by atoms with Crippen molar-refractivity contribution < 1.29 is 18.8 Å². The zero-order valence-electron chi connectivity index (χ0n) is 16.0. The highest BCUT2D eigenvalue weighted by atomic mass is 16.5. The quantitative estimate of drug-likeness (QED) is 0.736. The van der Waals surface area contributed by atoms with Crippen LogP contribution in [0.5, 0.6) is 0 Å². The summed E-state index contributed by atoms with van der Waals surface area (Å²) in [6.07, 6.45) is 0. The maximum absolute atomic E-state index is 12.7. The number of benzene rings is 2. The molecule has 2 aromatic carbocycles. The Balaban J connectivity index is 1.42. The zero-order valence-corrected chi connectivity index (χ0v) is 16.0. The van der Waals surface area contributed by atoms with Crippen LogP contribution in [0.15, 0.2) is 65.2 Å². The van der Waals surface area contributed by atoms with Crippen LogP contribution in [0, 0.1) is 0 Å². The fourth-order valence-corrected chi connectivity index (χ4v) is 3.21. The number of nitrogens with one attached hydrogen (secondary N) is 1. The van der Waals surface area contributed by atoms with Crippen molar-refractivity contribution in [1.82, 2.24) is 10.1 Å². The molecule has 2 heterocycles. The van der Waals surface area contributed by atoms with Crippen molar-refractivity contribution in [1.29, 1.82) is 0 Å². The van der Waals surface area contributed by atoms with E-state index in [0.717, 1.165) is 5.56 Å². The first-order valence-corrected chi connectivity index (χ1v) is 9.44. The van der Waals surface area contributed by atoms with Crippen LogP contribution in [0.2, 0.25) is 0 Å². The fourth-order valence-electron chi connectivity index (χ4n) is 3.21. The van der Waals surface area contributed by atoms with Gasteiger partial charge in [0.15, 0.2) is 11.5 Å². The van der Waals surface area contributed by atoms with E-state index in [1.54, 1.807) is 35.2 Å². The number of hydrogen-bond acceptors (Lipinski definition) is 5. The molecule has 1 unspecified atom stereocenters. The molecule has 0 aliphatic carbocycles. The van der Waals surface area contributed by atoms with Gasteiger partial charge in [-0.2, -0.15) is 0 Å². The smallest absolute Gasteiger partial charge is 0.277 e. The monoisotopic (exact) mass is 391 g/mol. The van der Waals surface area contributed by atoms with Crippen molar-refractivity contribution in [3.05, 3.63) is 71.9 Å². The highest BCUT2D eigenvalue weighted by molar-refractivity contribution is 6.03. The van der Waals surface area contributed by atoms with Crippen LogP contribution >= 0.6 is 0 Å². The van der Waals surface area contributed by atoms with Gasteiger partial charge in [-0.05, 0) is 31.2 Å². The Bertz CT molecular complexity index is 998. The van der Waals surface area contributed by atoms with Crippen LogP contribution in [-0.4, -0.2) is 47.7 Å². The van der Waals surface area contributed by atoms with E-state index in [1.165, 1.54) is 0 Å². The summed E-state index contributed by atoms with van der Waals surface area (Å²) < 4.78 is 10.6. The number of amides is 2. The minimum absolute atomic E-state index is 0.0392. The maximum atomic E-state index is 12.7.